The lowest BCUT2D eigenvalue weighted by Gasteiger charge is -2.13. The molecule has 88 valence electrons. The molecule has 1 fully saturated rings. The quantitative estimate of drug-likeness (QED) is 0.851. The molecule has 0 radical (unpaired) electrons. The Bertz CT molecular complexity index is 379. The van der Waals surface area contributed by atoms with Crippen LogP contribution >= 0.6 is 23.4 Å². The summed E-state index contributed by atoms with van der Waals surface area (Å²) >= 11 is 7.81. The van der Waals surface area contributed by atoms with E-state index in [9.17, 15) is 5.11 Å². The van der Waals surface area contributed by atoms with E-state index in [1.807, 2.05) is 17.8 Å². The van der Waals surface area contributed by atoms with Gasteiger partial charge >= 0.3 is 0 Å². The van der Waals surface area contributed by atoms with Crippen molar-refractivity contribution in [1.82, 2.24) is 5.32 Å². The number of phenols is 1. The van der Waals surface area contributed by atoms with E-state index in [1.54, 1.807) is 12.1 Å². The molecule has 0 aromatic heterocycles. The van der Waals surface area contributed by atoms with Crippen LogP contribution in [0.25, 0.3) is 0 Å². The molecule has 0 unspecified atom stereocenters. The van der Waals surface area contributed by atoms with Crippen molar-refractivity contribution in [3.63, 3.8) is 0 Å². The molecule has 2 N–H and O–H groups in total. The largest absolute Gasteiger partial charge is 0.508 e. The second kappa shape index (κ2) is 4.86. The lowest BCUT2D eigenvalue weighted by atomic mass is 10.2. The van der Waals surface area contributed by atoms with Crippen LogP contribution in [0.15, 0.2) is 18.2 Å². The number of halogens is 1. The highest BCUT2D eigenvalue weighted by molar-refractivity contribution is 8.00. The number of aromatic hydroxyl groups is 1. The first-order valence-corrected chi connectivity index (χ1v) is 6.99. The Kier molecular flexibility index (Phi) is 3.67. The van der Waals surface area contributed by atoms with E-state index in [0.29, 0.717) is 22.1 Å². The minimum Gasteiger partial charge on any atom is -0.508 e. The maximum atomic E-state index is 9.63. The van der Waals surface area contributed by atoms with Gasteiger partial charge in [-0.25, -0.2) is 0 Å². The maximum Gasteiger partial charge on any atom is 0.120 e. The van der Waals surface area contributed by atoms with Crippen LogP contribution in [0, 0.1) is 0 Å². The summed E-state index contributed by atoms with van der Waals surface area (Å²) in [5, 5.41) is 13.7. The third kappa shape index (κ3) is 2.84. The van der Waals surface area contributed by atoms with Gasteiger partial charge in [-0.05, 0) is 37.3 Å². The summed E-state index contributed by atoms with van der Waals surface area (Å²) in [6.45, 7) is 1.68. The van der Waals surface area contributed by atoms with Crippen molar-refractivity contribution in [3.05, 3.63) is 28.8 Å². The van der Waals surface area contributed by atoms with Gasteiger partial charge in [-0.3, -0.25) is 0 Å². The molecule has 2 nitrogen and oxygen atoms in total. The van der Waals surface area contributed by atoms with Gasteiger partial charge in [0.1, 0.15) is 5.75 Å². The molecule has 1 aromatic carbocycles. The summed E-state index contributed by atoms with van der Waals surface area (Å²) < 4.78 is 0.453. The zero-order chi connectivity index (χ0) is 11.6. The first-order valence-electron chi connectivity index (χ1n) is 5.38. The summed E-state index contributed by atoms with van der Waals surface area (Å²) in [4.78, 5) is 0. The van der Waals surface area contributed by atoms with Gasteiger partial charge in [0.05, 0.1) is 0 Å². The average molecular weight is 258 g/mol. The molecule has 0 amide bonds. The lowest BCUT2D eigenvalue weighted by Crippen LogP contribution is -2.25. The van der Waals surface area contributed by atoms with Crippen LogP contribution in [0.1, 0.15) is 18.4 Å². The number of benzene rings is 1. The van der Waals surface area contributed by atoms with Crippen LogP contribution in [0.2, 0.25) is 5.02 Å². The zero-order valence-electron chi connectivity index (χ0n) is 9.29. The number of nitrogens with one attached hydrogen (secondary N) is 1. The highest BCUT2D eigenvalue weighted by Crippen LogP contribution is 2.46. The summed E-state index contributed by atoms with van der Waals surface area (Å²) in [6.07, 6.45) is 4.75. The average Bonchev–Trinajstić information content (AvgIpc) is 3.04. The van der Waals surface area contributed by atoms with E-state index in [-0.39, 0.29) is 0 Å². The van der Waals surface area contributed by atoms with Crippen molar-refractivity contribution >= 4 is 23.4 Å². The molecular weight excluding hydrogens is 242 g/mol. The smallest absolute Gasteiger partial charge is 0.120 e. The first-order chi connectivity index (χ1) is 7.65. The van der Waals surface area contributed by atoms with Gasteiger partial charge in [-0.1, -0.05) is 11.6 Å². The highest BCUT2D eigenvalue weighted by Gasteiger charge is 2.41. The van der Waals surface area contributed by atoms with Gasteiger partial charge in [0.2, 0.25) is 0 Å². The van der Waals surface area contributed by atoms with Crippen molar-refractivity contribution in [3.8, 4) is 5.75 Å². The van der Waals surface area contributed by atoms with Gasteiger partial charge in [-0.15, -0.1) is 0 Å². The molecule has 0 spiro atoms. The van der Waals surface area contributed by atoms with Crippen LogP contribution in [0.5, 0.6) is 5.75 Å². The van der Waals surface area contributed by atoms with E-state index in [1.165, 1.54) is 12.8 Å². The summed E-state index contributed by atoms with van der Waals surface area (Å²) in [6, 6.07) is 5.15. The molecule has 16 heavy (non-hydrogen) atoms. The van der Waals surface area contributed by atoms with Crippen molar-refractivity contribution in [2.24, 2.45) is 0 Å². The lowest BCUT2D eigenvalue weighted by molar-refractivity contribution is 0.464. The summed E-state index contributed by atoms with van der Waals surface area (Å²) in [5.41, 5.74) is 0.865. The third-order valence-corrected chi connectivity index (χ3v) is 4.70. The SMILES string of the molecule is CSC1(CNCc2cc(Cl)ccc2O)CC1. The monoisotopic (exact) mass is 257 g/mol. The van der Waals surface area contributed by atoms with Crippen LogP contribution in [0.3, 0.4) is 0 Å². The molecule has 1 saturated carbocycles. The van der Waals surface area contributed by atoms with Crippen LogP contribution < -0.4 is 5.32 Å². The van der Waals surface area contributed by atoms with Crippen molar-refractivity contribution in [2.75, 3.05) is 12.8 Å². The Labute approximate surface area is 105 Å². The Morgan fingerprint density at radius 2 is 2.25 bits per heavy atom. The molecule has 1 aromatic rings. The van der Waals surface area contributed by atoms with E-state index < -0.39 is 0 Å². The predicted octanol–water partition coefficient (Wildman–Crippen LogP) is 3.03. The number of hydrogen-bond donors (Lipinski definition) is 2. The highest BCUT2D eigenvalue weighted by atomic mass is 35.5. The van der Waals surface area contributed by atoms with E-state index in [4.69, 9.17) is 11.6 Å². The fourth-order valence-electron chi connectivity index (χ4n) is 1.71. The van der Waals surface area contributed by atoms with E-state index in [0.717, 1.165) is 12.1 Å². The van der Waals surface area contributed by atoms with Gasteiger partial charge in [0.25, 0.3) is 0 Å². The fourth-order valence-corrected chi connectivity index (χ4v) is 2.66. The van der Waals surface area contributed by atoms with Crippen LogP contribution in [-0.4, -0.2) is 22.7 Å². The zero-order valence-corrected chi connectivity index (χ0v) is 10.9. The molecule has 4 heteroatoms. The molecule has 0 atom stereocenters. The molecular formula is C12H16ClNOS. The summed E-state index contributed by atoms with van der Waals surface area (Å²) in [5.74, 6) is 0.311. The van der Waals surface area contributed by atoms with Crippen LogP contribution in [-0.2, 0) is 6.54 Å². The molecule has 2 rings (SSSR count). The Hall–Kier alpha value is -0.380. The summed E-state index contributed by atoms with van der Waals surface area (Å²) in [7, 11) is 0. The van der Waals surface area contributed by atoms with Crippen molar-refractivity contribution < 1.29 is 5.11 Å². The molecule has 0 aliphatic heterocycles. The van der Waals surface area contributed by atoms with Gasteiger partial charge in [0, 0.05) is 28.4 Å². The predicted molar refractivity (Wildman–Crippen MR) is 70.3 cm³/mol. The minimum atomic E-state index is 0.311. The van der Waals surface area contributed by atoms with Gasteiger partial charge < -0.3 is 10.4 Å². The van der Waals surface area contributed by atoms with Crippen molar-refractivity contribution in [2.45, 2.75) is 24.1 Å². The Balaban J connectivity index is 1.87. The second-order valence-corrected chi connectivity index (χ2v) is 5.97. The molecule has 0 bridgehead atoms. The van der Waals surface area contributed by atoms with E-state index >= 15 is 0 Å². The van der Waals surface area contributed by atoms with Gasteiger partial charge in [-0.2, -0.15) is 11.8 Å². The molecule has 1 aliphatic rings. The third-order valence-electron chi connectivity index (χ3n) is 3.04. The number of thioether (sulfide) groups is 1. The fraction of sp³-hybridized carbons (Fsp3) is 0.500. The second-order valence-electron chi connectivity index (χ2n) is 4.26. The van der Waals surface area contributed by atoms with Gasteiger partial charge in [0.15, 0.2) is 0 Å². The number of rotatable bonds is 5. The normalized spacial score (nSPS) is 17.4. The molecule has 1 aliphatic carbocycles. The Morgan fingerprint density at radius 1 is 1.50 bits per heavy atom. The minimum absolute atomic E-state index is 0.311. The Morgan fingerprint density at radius 3 is 2.88 bits per heavy atom. The number of phenolic OH excluding ortho intramolecular Hbond substituents is 1. The topological polar surface area (TPSA) is 32.3 Å². The molecule has 0 heterocycles. The molecule has 0 saturated heterocycles. The van der Waals surface area contributed by atoms with E-state index in [2.05, 4.69) is 11.6 Å². The first kappa shape index (κ1) is 12.1. The standard InChI is InChI=1S/C12H16ClNOS/c1-16-12(4-5-12)8-14-7-9-6-10(13)2-3-11(9)15/h2-3,6,14-15H,4-5,7-8H2,1H3. The maximum absolute atomic E-state index is 9.63. The van der Waals surface area contributed by atoms with Crippen molar-refractivity contribution in [1.29, 1.82) is 0 Å². The number of hydrogen-bond acceptors (Lipinski definition) is 3. The van der Waals surface area contributed by atoms with Crippen LogP contribution in [0.4, 0.5) is 0 Å².